The number of carbonyl (C=O) groups is 2. The average Bonchev–Trinajstić information content (AvgIpc) is 2.18. The fourth-order valence-corrected chi connectivity index (χ4v) is 1.04. The Morgan fingerprint density at radius 1 is 1.40 bits per heavy atom. The van der Waals surface area contributed by atoms with Crippen LogP contribution in [0.4, 0.5) is 0 Å². The summed E-state index contributed by atoms with van der Waals surface area (Å²) in [6.07, 6.45) is 0. The molecule has 0 aromatic carbocycles. The van der Waals surface area contributed by atoms with Crippen LogP contribution in [0, 0.1) is 13.8 Å². The van der Waals surface area contributed by atoms with Crippen LogP contribution in [-0.4, -0.2) is 28.6 Å². The summed E-state index contributed by atoms with van der Waals surface area (Å²) in [5.41, 5.74) is 6.47. The van der Waals surface area contributed by atoms with Crippen molar-refractivity contribution in [3.05, 3.63) is 23.0 Å². The number of rotatable bonds is 3. The number of nitrogens with one attached hydrogen (secondary N) is 1. The second-order valence-corrected chi connectivity index (χ2v) is 3.13. The highest BCUT2D eigenvalue weighted by molar-refractivity contribution is 5.97. The summed E-state index contributed by atoms with van der Waals surface area (Å²) in [5, 5.41) is 9.98. The first-order valence-corrected chi connectivity index (χ1v) is 4.38. The van der Waals surface area contributed by atoms with Gasteiger partial charge in [0.1, 0.15) is 0 Å². The molecular weight excluding hydrogens is 196 g/mol. The third-order valence-electron chi connectivity index (χ3n) is 1.77. The van der Waals surface area contributed by atoms with Gasteiger partial charge in [0, 0.05) is 0 Å². The van der Waals surface area contributed by atoms with Crippen molar-refractivity contribution in [1.29, 1.82) is 0 Å². The first-order valence-electron chi connectivity index (χ1n) is 4.38. The largest absolute Gasteiger partial charge is 0.368 e. The minimum Gasteiger partial charge on any atom is -0.368 e. The van der Waals surface area contributed by atoms with Gasteiger partial charge >= 0.3 is 0 Å². The van der Waals surface area contributed by atoms with Crippen molar-refractivity contribution in [2.24, 2.45) is 5.73 Å². The Balaban J connectivity index is 2.81. The molecule has 0 radical (unpaired) electrons. The first-order chi connectivity index (χ1) is 7.00. The van der Waals surface area contributed by atoms with Crippen LogP contribution in [0.1, 0.15) is 21.7 Å². The summed E-state index contributed by atoms with van der Waals surface area (Å²) < 4.78 is 0. The zero-order valence-corrected chi connectivity index (χ0v) is 8.57. The van der Waals surface area contributed by atoms with Gasteiger partial charge in [0.25, 0.3) is 5.91 Å². The molecule has 1 aromatic rings. The van der Waals surface area contributed by atoms with Gasteiger partial charge in [-0.15, -0.1) is 0 Å². The van der Waals surface area contributed by atoms with Crippen LogP contribution in [0.25, 0.3) is 0 Å². The fourth-order valence-electron chi connectivity index (χ4n) is 1.04. The number of aromatic nitrogens is 2. The molecule has 0 atom stereocenters. The average molecular weight is 208 g/mol. The minimum absolute atomic E-state index is 0.181. The van der Waals surface area contributed by atoms with Crippen molar-refractivity contribution < 1.29 is 9.59 Å². The van der Waals surface area contributed by atoms with Gasteiger partial charge in [0.05, 0.1) is 23.5 Å². The van der Waals surface area contributed by atoms with E-state index in [1.54, 1.807) is 19.9 Å². The number of nitrogens with two attached hydrogens (primary N) is 1. The standard InChI is InChI=1S/C9H12N4O2/c1-5-3-7(6(2)13-12-5)9(15)11-4-8(10)14/h3H,4H2,1-2H3,(H2,10,14)(H,11,15). The Labute approximate surface area is 86.9 Å². The van der Waals surface area contributed by atoms with Gasteiger partial charge in [-0.3, -0.25) is 9.59 Å². The summed E-state index contributed by atoms with van der Waals surface area (Å²) in [6.45, 7) is 3.22. The molecule has 6 nitrogen and oxygen atoms in total. The third-order valence-corrected chi connectivity index (χ3v) is 1.77. The Morgan fingerprint density at radius 2 is 2.07 bits per heavy atom. The summed E-state index contributed by atoms with van der Waals surface area (Å²) in [5.74, 6) is -0.955. The smallest absolute Gasteiger partial charge is 0.253 e. The topological polar surface area (TPSA) is 98.0 Å². The predicted molar refractivity (Wildman–Crippen MR) is 53.0 cm³/mol. The summed E-state index contributed by atoms with van der Waals surface area (Å²) in [4.78, 5) is 22.0. The van der Waals surface area contributed by atoms with Crippen molar-refractivity contribution in [2.45, 2.75) is 13.8 Å². The van der Waals surface area contributed by atoms with Crippen LogP contribution in [0.15, 0.2) is 6.07 Å². The van der Waals surface area contributed by atoms with E-state index in [1.807, 2.05) is 0 Å². The number of primary amides is 1. The zero-order chi connectivity index (χ0) is 11.4. The van der Waals surface area contributed by atoms with E-state index in [-0.39, 0.29) is 12.5 Å². The highest BCUT2D eigenvalue weighted by Gasteiger charge is 2.11. The van der Waals surface area contributed by atoms with Crippen LogP contribution in [0.5, 0.6) is 0 Å². The fraction of sp³-hybridized carbons (Fsp3) is 0.333. The van der Waals surface area contributed by atoms with Gasteiger partial charge in [-0.25, -0.2) is 0 Å². The lowest BCUT2D eigenvalue weighted by atomic mass is 10.2. The Bertz CT molecular complexity index is 403. The third kappa shape index (κ3) is 3.01. The number of carbonyl (C=O) groups excluding carboxylic acids is 2. The Kier molecular flexibility index (Phi) is 3.33. The monoisotopic (exact) mass is 208 g/mol. The minimum atomic E-state index is -0.584. The molecule has 0 aliphatic rings. The molecule has 0 bridgehead atoms. The molecule has 15 heavy (non-hydrogen) atoms. The molecular formula is C9H12N4O2. The molecule has 0 saturated heterocycles. The van der Waals surface area contributed by atoms with E-state index in [9.17, 15) is 9.59 Å². The lowest BCUT2D eigenvalue weighted by Gasteiger charge is -2.05. The quantitative estimate of drug-likeness (QED) is 0.686. The maximum Gasteiger partial charge on any atom is 0.253 e. The highest BCUT2D eigenvalue weighted by atomic mass is 16.2. The van der Waals surface area contributed by atoms with Crippen LogP contribution >= 0.6 is 0 Å². The molecule has 0 unspecified atom stereocenters. The number of hydrogen-bond acceptors (Lipinski definition) is 4. The van der Waals surface area contributed by atoms with Gasteiger partial charge < -0.3 is 11.1 Å². The van der Waals surface area contributed by atoms with Crippen LogP contribution in [0.2, 0.25) is 0 Å². The highest BCUT2D eigenvalue weighted by Crippen LogP contribution is 2.04. The maximum atomic E-state index is 11.5. The molecule has 6 heteroatoms. The molecule has 0 fully saturated rings. The molecule has 80 valence electrons. The van der Waals surface area contributed by atoms with E-state index >= 15 is 0 Å². The zero-order valence-electron chi connectivity index (χ0n) is 8.57. The van der Waals surface area contributed by atoms with Crippen molar-refractivity contribution in [3.63, 3.8) is 0 Å². The molecule has 1 rings (SSSR count). The second kappa shape index (κ2) is 4.50. The molecule has 0 spiro atoms. The molecule has 0 saturated carbocycles. The van der Waals surface area contributed by atoms with Crippen LogP contribution < -0.4 is 11.1 Å². The van der Waals surface area contributed by atoms with E-state index in [1.165, 1.54) is 0 Å². The van der Waals surface area contributed by atoms with E-state index in [0.29, 0.717) is 17.0 Å². The van der Waals surface area contributed by atoms with Crippen molar-refractivity contribution >= 4 is 11.8 Å². The van der Waals surface area contributed by atoms with Gasteiger partial charge in [-0.2, -0.15) is 10.2 Å². The van der Waals surface area contributed by atoms with E-state index in [0.717, 1.165) is 0 Å². The SMILES string of the molecule is Cc1cc(C(=O)NCC(N)=O)c(C)nn1. The predicted octanol–water partition coefficient (Wildman–Crippen LogP) is -0.691. The van der Waals surface area contributed by atoms with Gasteiger partial charge in [-0.1, -0.05) is 0 Å². The number of amides is 2. The lowest BCUT2D eigenvalue weighted by molar-refractivity contribution is -0.117. The van der Waals surface area contributed by atoms with E-state index in [4.69, 9.17) is 5.73 Å². The van der Waals surface area contributed by atoms with E-state index < -0.39 is 5.91 Å². The van der Waals surface area contributed by atoms with Crippen molar-refractivity contribution in [2.75, 3.05) is 6.54 Å². The van der Waals surface area contributed by atoms with Crippen molar-refractivity contribution in [1.82, 2.24) is 15.5 Å². The Hall–Kier alpha value is -1.98. The van der Waals surface area contributed by atoms with Crippen LogP contribution in [-0.2, 0) is 4.79 Å². The Morgan fingerprint density at radius 3 is 2.67 bits per heavy atom. The molecule has 3 N–H and O–H groups in total. The molecule has 0 aliphatic heterocycles. The van der Waals surface area contributed by atoms with Crippen LogP contribution in [0.3, 0.4) is 0 Å². The number of aryl methyl sites for hydroxylation is 2. The molecule has 1 aromatic heterocycles. The summed E-state index contributed by atoms with van der Waals surface area (Å²) in [6, 6.07) is 1.61. The van der Waals surface area contributed by atoms with Gasteiger partial charge in [-0.05, 0) is 19.9 Å². The molecule has 1 heterocycles. The van der Waals surface area contributed by atoms with Gasteiger partial charge in [0.15, 0.2) is 0 Å². The number of hydrogen-bond donors (Lipinski definition) is 2. The van der Waals surface area contributed by atoms with Gasteiger partial charge in [0.2, 0.25) is 5.91 Å². The normalized spacial score (nSPS) is 9.73. The van der Waals surface area contributed by atoms with Crippen molar-refractivity contribution in [3.8, 4) is 0 Å². The summed E-state index contributed by atoms with van der Waals surface area (Å²) >= 11 is 0. The van der Waals surface area contributed by atoms with E-state index in [2.05, 4.69) is 15.5 Å². The lowest BCUT2D eigenvalue weighted by Crippen LogP contribution is -2.33. The first kappa shape index (κ1) is 11.1. The molecule has 0 aliphatic carbocycles. The maximum absolute atomic E-state index is 11.5. The second-order valence-electron chi connectivity index (χ2n) is 3.13. The summed E-state index contributed by atoms with van der Waals surface area (Å²) in [7, 11) is 0. The number of nitrogens with zero attached hydrogens (tertiary/aromatic N) is 2. The molecule has 2 amide bonds.